The second kappa shape index (κ2) is 8.78. The molecule has 6 heteroatoms. The van der Waals surface area contributed by atoms with Crippen LogP contribution in [0.5, 0.6) is 0 Å². The molecule has 1 unspecified atom stereocenters. The number of carbonyl (C=O) groups is 1. The highest BCUT2D eigenvalue weighted by Crippen LogP contribution is 2.15. The lowest BCUT2D eigenvalue weighted by Gasteiger charge is -2.33. The molecule has 0 bridgehead atoms. The summed E-state index contributed by atoms with van der Waals surface area (Å²) < 4.78 is 19.5. The molecule has 3 rings (SSSR count). The van der Waals surface area contributed by atoms with Gasteiger partial charge < -0.3 is 15.4 Å². The van der Waals surface area contributed by atoms with Crippen LogP contribution >= 0.6 is 0 Å². The van der Waals surface area contributed by atoms with E-state index in [9.17, 15) is 9.18 Å². The van der Waals surface area contributed by atoms with Gasteiger partial charge in [-0.05, 0) is 30.2 Å². The minimum absolute atomic E-state index is 0.0823. The first kappa shape index (κ1) is 18.4. The Hall–Kier alpha value is -2.44. The molecule has 2 aromatic carbocycles. The van der Waals surface area contributed by atoms with Crippen molar-refractivity contribution in [2.24, 2.45) is 0 Å². The average Bonchev–Trinajstić information content (AvgIpc) is 2.64. The van der Waals surface area contributed by atoms with E-state index in [0.717, 1.165) is 25.2 Å². The van der Waals surface area contributed by atoms with Crippen molar-refractivity contribution in [3.05, 3.63) is 65.5 Å². The Morgan fingerprint density at radius 3 is 2.85 bits per heavy atom. The molecule has 2 N–H and O–H groups in total. The van der Waals surface area contributed by atoms with Crippen molar-refractivity contribution < 1.29 is 13.9 Å². The fourth-order valence-corrected chi connectivity index (χ4v) is 2.98. The van der Waals surface area contributed by atoms with Crippen molar-refractivity contribution in [3.8, 4) is 0 Å². The summed E-state index contributed by atoms with van der Waals surface area (Å²) in [6.07, 6.45) is -0.0823. The van der Waals surface area contributed by atoms with Gasteiger partial charge in [-0.2, -0.15) is 0 Å². The number of urea groups is 1. The lowest BCUT2D eigenvalue weighted by Crippen LogP contribution is -2.47. The molecule has 0 aliphatic carbocycles. The summed E-state index contributed by atoms with van der Waals surface area (Å²) in [4.78, 5) is 14.3. The largest absolute Gasteiger partial charge is 0.374 e. The van der Waals surface area contributed by atoms with E-state index < -0.39 is 11.8 Å². The van der Waals surface area contributed by atoms with Gasteiger partial charge in [-0.3, -0.25) is 4.90 Å². The number of nitrogens with one attached hydrogen (secondary N) is 2. The van der Waals surface area contributed by atoms with E-state index in [-0.39, 0.29) is 11.8 Å². The number of hydrogen-bond donors (Lipinski definition) is 2. The third-order valence-corrected chi connectivity index (χ3v) is 4.33. The Balaban J connectivity index is 1.45. The average molecular weight is 357 g/mol. The molecule has 1 atom stereocenters. The van der Waals surface area contributed by atoms with Gasteiger partial charge in [0.25, 0.3) is 0 Å². The Kier molecular flexibility index (Phi) is 6.20. The van der Waals surface area contributed by atoms with Gasteiger partial charge in [0.15, 0.2) is 0 Å². The van der Waals surface area contributed by atoms with Gasteiger partial charge in [0.1, 0.15) is 5.82 Å². The molecule has 1 heterocycles. The summed E-state index contributed by atoms with van der Waals surface area (Å²) >= 11 is 0. The zero-order valence-electron chi connectivity index (χ0n) is 14.9. The van der Waals surface area contributed by atoms with E-state index in [1.54, 1.807) is 19.1 Å². The number of ether oxygens (including phenoxy) is 1. The Morgan fingerprint density at radius 1 is 1.27 bits per heavy atom. The van der Waals surface area contributed by atoms with E-state index in [2.05, 4.69) is 27.7 Å². The molecule has 5 nitrogen and oxygen atoms in total. The number of halogens is 1. The number of nitrogens with zero attached hydrogens (tertiary/aromatic N) is 1. The summed E-state index contributed by atoms with van der Waals surface area (Å²) in [5, 5.41) is 5.29. The number of carbonyl (C=O) groups excluding carboxylic acids is 1. The third kappa shape index (κ3) is 5.28. The number of amides is 2. The van der Waals surface area contributed by atoms with Gasteiger partial charge in [0.2, 0.25) is 0 Å². The van der Waals surface area contributed by atoms with E-state index in [1.807, 2.05) is 18.2 Å². The molecule has 2 aromatic rings. The maximum Gasteiger partial charge on any atom is 0.319 e. The monoisotopic (exact) mass is 357 g/mol. The fourth-order valence-electron chi connectivity index (χ4n) is 2.98. The van der Waals surface area contributed by atoms with Crippen LogP contribution in [-0.4, -0.2) is 43.3 Å². The Bertz CT molecular complexity index is 739. The third-order valence-electron chi connectivity index (χ3n) is 4.33. The van der Waals surface area contributed by atoms with Crippen LogP contribution < -0.4 is 10.6 Å². The first-order chi connectivity index (χ1) is 12.6. The molecule has 0 aromatic heterocycles. The lowest BCUT2D eigenvalue weighted by molar-refractivity contribution is -0.0285. The first-order valence-corrected chi connectivity index (χ1v) is 8.79. The van der Waals surface area contributed by atoms with Crippen LogP contribution in [0.2, 0.25) is 0 Å². The highest BCUT2D eigenvalue weighted by Gasteiger charge is 2.21. The second-order valence-corrected chi connectivity index (χ2v) is 6.53. The van der Waals surface area contributed by atoms with Crippen molar-refractivity contribution in [3.63, 3.8) is 0 Å². The highest BCUT2D eigenvalue weighted by atomic mass is 19.1. The number of rotatable bonds is 5. The van der Waals surface area contributed by atoms with Crippen molar-refractivity contribution in [2.45, 2.75) is 19.6 Å². The maximum atomic E-state index is 13.8. The van der Waals surface area contributed by atoms with Gasteiger partial charge in [0.05, 0.1) is 18.4 Å². The molecule has 1 fully saturated rings. The van der Waals surface area contributed by atoms with Gasteiger partial charge >= 0.3 is 6.03 Å². The molecular formula is C20H24FN3O2. The number of anilines is 1. The summed E-state index contributed by atoms with van der Waals surface area (Å²) in [6, 6.07) is 14.5. The molecule has 1 aliphatic rings. The fraction of sp³-hybridized carbons (Fsp3) is 0.350. The van der Waals surface area contributed by atoms with Crippen LogP contribution in [0.1, 0.15) is 11.1 Å². The Labute approximate surface area is 153 Å². The molecule has 0 saturated carbocycles. The molecule has 1 aliphatic heterocycles. The topological polar surface area (TPSA) is 53.6 Å². The summed E-state index contributed by atoms with van der Waals surface area (Å²) in [5.74, 6) is -0.442. The smallest absolute Gasteiger partial charge is 0.319 e. The number of morpholine rings is 1. The summed E-state index contributed by atoms with van der Waals surface area (Å²) in [7, 11) is 0. The summed E-state index contributed by atoms with van der Waals surface area (Å²) in [6.45, 7) is 5.29. The number of hydrogen-bond acceptors (Lipinski definition) is 3. The standard InChI is InChI=1S/C20H24FN3O2/c1-15-7-8-19(18(21)11-15)23-20(25)22-12-17-14-24(9-10-26-17)13-16-5-3-2-4-6-16/h2-8,11,17H,9-10,12-14H2,1H3,(H2,22,23,25). The summed E-state index contributed by atoms with van der Waals surface area (Å²) in [5.41, 5.74) is 2.24. The zero-order valence-corrected chi connectivity index (χ0v) is 14.9. The van der Waals surface area contributed by atoms with Crippen molar-refractivity contribution in [2.75, 3.05) is 31.6 Å². The molecule has 138 valence electrons. The van der Waals surface area contributed by atoms with Gasteiger partial charge in [-0.25, -0.2) is 9.18 Å². The van der Waals surface area contributed by atoms with E-state index in [0.29, 0.717) is 13.2 Å². The van der Waals surface area contributed by atoms with E-state index >= 15 is 0 Å². The van der Waals surface area contributed by atoms with Gasteiger partial charge in [-0.1, -0.05) is 36.4 Å². The molecule has 2 amide bonds. The molecule has 1 saturated heterocycles. The molecule has 26 heavy (non-hydrogen) atoms. The maximum absolute atomic E-state index is 13.8. The van der Waals surface area contributed by atoms with Crippen LogP contribution in [0, 0.1) is 12.7 Å². The van der Waals surface area contributed by atoms with Crippen LogP contribution in [0.4, 0.5) is 14.9 Å². The number of benzene rings is 2. The molecule has 0 radical (unpaired) electrons. The zero-order chi connectivity index (χ0) is 18.4. The lowest BCUT2D eigenvalue weighted by atomic mass is 10.2. The number of aryl methyl sites for hydroxylation is 1. The normalized spacial score (nSPS) is 17.7. The van der Waals surface area contributed by atoms with Gasteiger partial charge in [-0.15, -0.1) is 0 Å². The van der Waals surface area contributed by atoms with Crippen LogP contribution in [0.15, 0.2) is 48.5 Å². The van der Waals surface area contributed by atoms with E-state index in [4.69, 9.17) is 4.74 Å². The predicted molar refractivity (Wildman–Crippen MR) is 99.6 cm³/mol. The molecule has 0 spiro atoms. The van der Waals surface area contributed by atoms with Crippen molar-refractivity contribution >= 4 is 11.7 Å². The second-order valence-electron chi connectivity index (χ2n) is 6.53. The predicted octanol–water partition coefficient (Wildman–Crippen LogP) is 3.16. The van der Waals surface area contributed by atoms with Gasteiger partial charge in [0, 0.05) is 26.2 Å². The molecular weight excluding hydrogens is 333 g/mol. The van der Waals surface area contributed by atoms with Crippen molar-refractivity contribution in [1.82, 2.24) is 10.2 Å². The SMILES string of the molecule is Cc1ccc(NC(=O)NCC2CN(Cc3ccccc3)CCO2)c(F)c1. The minimum Gasteiger partial charge on any atom is -0.374 e. The quantitative estimate of drug-likeness (QED) is 0.864. The highest BCUT2D eigenvalue weighted by molar-refractivity contribution is 5.89. The van der Waals surface area contributed by atoms with Crippen molar-refractivity contribution in [1.29, 1.82) is 0 Å². The minimum atomic E-state index is -0.442. The Morgan fingerprint density at radius 2 is 2.08 bits per heavy atom. The first-order valence-electron chi connectivity index (χ1n) is 8.79. The van der Waals surface area contributed by atoms with Crippen LogP contribution in [-0.2, 0) is 11.3 Å². The van der Waals surface area contributed by atoms with E-state index in [1.165, 1.54) is 11.6 Å². The van der Waals surface area contributed by atoms with Crippen LogP contribution in [0.3, 0.4) is 0 Å². The van der Waals surface area contributed by atoms with Crippen LogP contribution in [0.25, 0.3) is 0 Å².